The Bertz CT molecular complexity index is 3200. The zero-order valence-electron chi connectivity index (χ0n) is 34.3. The van der Waals surface area contributed by atoms with E-state index >= 15 is 0 Å². The second-order valence-corrected chi connectivity index (χ2v) is 16.6. The Morgan fingerprint density at radius 2 is 1.25 bits per heavy atom. The first-order valence-electron chi connectivity index (χ1n) is 21.1. The molecule has 0 amide bonds. The number of fused-ring (bicyclic) bond motifs is 7. The van der Waals surface area contributed by atoms with Crippen molar-refractivity contribution in [3.63, 3.8) is 0 Å². The molecule has 292 valence electrons. The fourth-order valence-electron chi connectivity index (χ4n) is 9.54. The van der Waals surface area contributed by atoms with Crippen molar-refractivity contribution in [1.29, 1.82) is 0 Å². The summed E-state index contributed by atoms with van der Waals surface area (Å²) in [6, 6.07) is 67.6. The maximum absolute atomic E-state index is 6.69. The number of benzene rings is 8. The number of hydrogen-bond donors (Lipinski definition) is 0. The Morgan fingerprint density at radius 1 is 0.557 bits per heavy atom. The Morgan fingerprint density at radius 3 is 2.08 bits per heavy atom. The van der Waals surface area contributed by atoms with Gasteiger partial charge in [-0.2, -0.15) is 0 Å². The van der Waals surface area contributed by atoms with E-state index < -0.39 is 0 Å². The van der Waals surface area contributed by atoms with E-state index in [1.807, 2.05) is 6.07 Å². The molecule has 1 aromatic heterocycles. The van der Waals surface area contributed by atoms with E-state index in [1.165, 1.54) is 27.8 Å². The van der Waals surface area contributed by atoms with Crippen molar-refractivity contribution in [2.75, 3.05) is 16.3 Å². The summed E-state index contributed by atoms with van der Waals surface area (Å²) in [4.78, 5) is 4.74. The summed E-state index contributed by atoms with van der Waals surface area (Å²) >= 11 is 0. The minimum atomic E-state index is -0.139. The molecule has 0 saturated carbocycles. The van der Waals surface area contributed by atoms with Crippen molar-refractivity contribution in [3.05, 3.63) is 235 Å². The summed E-state index contributed by atoms with van der Waals surface area (Å²) < 4.78 is 6.69. The normalized spacial score (nSPS) is 15.5. The average molecular weight is 785 g/mol. The molecule has 0 N–H and O–H groups in total. The van der Waals surface area contributed by atoms with E-state index in [2.05, 4.69) is 230 Å². The third-order valence-corrected chi connectivity index (χ3v) is 12.6. The number of allylic oxidation sites excluding steroid dienone is 4. The molecule has 1 aliphatic heterocycles. The van der Waals surface area contributed by atoms with Crippen LogP contribution in [0.3, 0.4) is 0 Å². The fourth-order valence-corrected chi connectivity index (χ4v) is 9.54. The number of hydrogen-bond acceptors (Lipinski definition) is 3. The van der Waals surface area contributed by atoms with Gasteiger partial charge in [0.05, 0.1) is 5.69 Å². The maximum atomic E-state index is 6.69. The van der Waals surface area contributed by atoms with Crippen LogP contribution in [0.15, 0.2) is 217 Å². The molecule has 0 radical (unpaired) electrons. The average Bonchev–Trinajstić information content (AvgIpc) is 3.82. The molecule has 8 aromatic carbocycles. The third-order valence-electron chi connectivity index (χ3n) is 12.6. The van der Waals surface area contributed by atoms with Crippen molar-refractivity contribution in [2.45, 2.75) is 19.3 Å². The summed E-state index contributed by atoms with van der Waals surface area (Å²) in [7, 11) is 0. The molecule has 0 unspecified atom stereocenters. The Hall–Kier alpha value is -7.62. The summed E-state index contributed by atoms with van der Waals surface area (Å²) in [5.74, 6) is 0. The van der Waals surface area contributed by atoms with Crippen LogP contribution in [0, 0.1) is 0 Å². The molecule has 0 bridgehead atoms. The van der Waals surface area contributed by atoms with Gasteiger partial charge in [0.15, 0.2) is 5.58 Å². The van der Waals surface area contributed by atoms with Crippen molar-refractivity contribution >= 4 is 61.5 Å². The minimum Gasteiger partial charge on any atom is -0.454 e. The van der Waals surface area contributed by atoms with E-state index in [0.29, 0.717) is 0 Å². The van der Waals surface area contributed by atoms with Gasteiger partial charge in [0.1, 0.15) is 5.58 Å². The quantitative estimate of drug-likeness (QED) is 0.167. The largest absolute Gasteiger partial charge is 0.454 e. The first-order valence-corrected chi connectivity index (χ1v) is 21.1. The van der Waals surface area contributed by atoms with Crippen molar-refractivity contribution in [1.82, 2.24) is 0 Å². The van der Waals surface area contributed by atoms with E-state index in [0.717, 1.165) is 84.8 Å². The summed E-state index contributed by atoms with van der Waals surface area (Å²) in [5, 5.41) is 2.22. The lowest BCUT2D eigenvalue weighted by molar-refractivity contribution is 0.660. The van der Waals surface area contributed by atoms with E-state index in [4.69, 9.17) is 4.42 Å². The predicted molar refractivity (Wildman–Crippen MR) is 257 cm³/mol. The van der Waals surface area contributed by atoms with Gasteiger partial charge >= 0.3 is 0 Å². The SMILES string of the molecule is C=C1/C=C(c2ccccc2)\C=C/CN(c2ccccc2)c2ccc(-c3ccc(N(c4ccc5c(c4)C(C)(C)c4ccccc4-5)c4cccc5c4oc4ccccc45)cc3)cc21. The van der Waals surface area contributed by atoms with Gasteiger partial charge in [-0.3, -0.25) is 0 Å². The smallest absolute Gasteiger partial charge is 0.159 e. The number of anilines is 5. The zero-order valence-corrected chi connectivity index (χ0v) is 34.3. The highest BCUT2D eigenvalue weighted by molar-refractivity contribution is 6.10. The Labute approximate surface area is 357 Å². The lowest BCUT2D eigenvalue weighted by Crippen LogP contribution is -2.18. The second-order valence-electron chi connectivity index (χ2n) is 16.6. The fraction of sp³-hybridized carbons (Fsp3) is 0.0690. The lowest BCUT2D eigenvalue weighted by atomic mass is 9.82. The molecule has 61 heavy (non-hydrogen) atoms. The molecule has 0 spiro atoms. The first-order chi connectivity index (χ1) is 29.9. The van der Waals surface area contributed by atoms with Gasteiger partial charge in [-0.1, -0.05) is 160 Å². The lowest BCUT2D eigenvalue weighted by Gasteiger charge is -2.28. The maximum Gasteiger partial charge on any atom is 0.159 e. The number of furan rings is 1. The van der Waals surface area contributed by atoms with E-state index in [1.54, 1.807) is 0 Å². The summed E-state index contributed by atoms with van der Waals surface area (Å²) in [5.41, 5.74) is 18.9. The monoisotopic (exact) mass is 784 g/mol. The van der Waals surface area contributed by atoms with Crippen LogP contribution < -0.4 is 9.80 Å². The van der Waals surface area contributed by atoms with Crippen LogP contribution in [0.5, 0.6) is 0 Å². The molecule has 1 aliphatic carbocycles. The number of para-hydroxylation sites is 3. The van der Waals surface area contributed by atoms with E-state index in [-0.39, 0.29) is 5.41 Å². The van der Waals surface area contributed by atoms with Gasteiger partial charge in [0, 0.05) is 51.0 Å². The molecule has 9 aromatic rings. The van der Waals surface area contributed by atoms with Crippen LogP contribution in [-0.4, -0.2) is 6.54 Å². The summed E-state index contributed by atoms with van der Waals surface area (Å²) in [6.45, 7) is 10.1. The molecule has 0 atom stereocenters. The van der Waals surface area contributed by atoms with Crippen LogP contribution in [0.1, 0.15) is 36.1 Å². The molecule has 0 saturated heterocycles. The molecule has 0 fully saturated rings. The van der Waals surface area contributed by atoms with Gasteiger partial charge in [-0.05, 0) is 117 Å². The highest BCUT2D eigenvalue weighted by atomic mass is 16.3. The zero-order chi connectivity index (χ0) is 41.1. The Kier molecular flexibility index (Phi) is 8.72. The molecular formula is C58H44N2O. The van der Waals surface area contributed by atoms with Crippen LogP contribution in [0.25, 0.3) is 55.3 Å². The molecular weight excluding hydrogens is 741 g/mol. The third kappa shape index (κ3) is 6.20. The topological polar surface area (TPSA) is 19.6 Å². The first kappa shape index (κ1) is 36.5. The van der Waals surface area contributed by atoms with Gasteiger partial charge in [0.25, 0.3) is 0 Å². The highest BCUT2D eigenvalue weighted by Crippen LogP contribution is 2.51. The van der Waals surface area contributed by atoms with E-state index in [9.17, 15) is 0 Å². The van der Waals surface area contributed by atoms with Crippen LogP contribution in [0.4, 0.5) is 28.4 Å². The van der Waals surface area contributed by atoms with Gasteiger partial charge in [0.2, 0.25) is 0 Å². The minimum absolute atomic E-state index is 0.139. The molecule has 3 heteroatoms. The molecule has 2 heterocycles. The second kappa shape index (κ2) is 14.6. The van der Waals surface area contributed by atoms with Crippen LogP contribution in [-0.2, 0) is 5.41 Å². The standard InChI is InChI=1S/C58H44N2O/c1-39-36-42(40-16-6-4-7-17-40)18-15-35-59(44-19-8-5-9-20-44)54-34-29-43(37-51(39)54)41-27-30-45(31-28-41)60(55-25-14-23-50-49-22-11-13-26-56(49)61-57(50)55)46-32-33-48-47-21-10-12-24-52(47)58(2,3)53(48)38-46/h4-34,36-38H,1,35H2,2-3H3/b18-15-,42-36+. The van der Waals surface area contributed by atoms with Crippen molar-refractivity contribution in [3.8, 4) is 22.3 Å². The molecule has 3 nitrogen and oxygen atoms in total. The summed E-state index contributed by atoms with van der Waals surface area (Å²) in [6.07, 6.45) is 6.69. The molecule has 11 rings (SSSR count). The van der Waals surface area contributed by atoms with Crippen LogP contribution in [0.2, 0.25) is 0 Å². The van der Waals surface area contributed by atoms with Gasteiger partial charge in [-0.15, -0.1) is 0 Å². The Balaban J connectivity index is 1.03. The predicted octanol–water partition coefficient (Wildman–Crippen LogP) is 15.8. The molecule has 2 aliphatic rings. The van der Waals surface area contributed by atoms with Crippen LogP contribution >= 0.6 is 0 Å². The number of rotatable bonds is 6. The number of nitrogens with zero attached hydrogens (tertiary/aromatic N) is 2. The van der Waals surface area contributed by atoms with Crippen molar-refractivity contribution in [2.24, 2.45) is 0 Å². The highest BCUT2D eigenvalue weighted by Gasteiger charge is 2.36. The van der Waals surface area contributed by atoms with Crippen molar-refractivity contribution < 1.29 is 4.42 Å². The van der Waals surface area contributed by atoms with Gasteiger partial charge in [-0.25, -0.2) is 0 Å². The van der Waals surface area contributed by atoms with Gasteiger partial charge < -0.3 is 14.2 Å².